The van der Waals surface area contributed by atoms with Crippen LogP contribution in [0.15, 0.2) is 117 Å². The predicted octanol–water partition coefficient (Wildman–Crippen LogP) is 2.84. The molecular formula is C29H27N5O5. The first-order valence-corrected chi connectivity index (χ1v) is 12.0. The van der Waals surface area contributed by atoms with Crippen LogP contribution in [0.2, 0.25) is 0 Å². The summed E-state index contributed by atoms with van der Waals surface area (Å²) in [5.74, 6) is -0.425. The molecule has 2 aromatic carbocycles. The van der Waals surface area contributed by atoms with Gasteiger partial charge in [-0.2, -0.15) is 0 Å². The molecule has 0 aliphatic heterocycles. The second-order valence-electron chi connectivity index (χ2n) is 8.85. The SMILES string of the molecule is CN(C)C(=O)c1ccc(Cn2ccoc2=O)cc1.O=c1[nH]cccc1-c1ccc(Cn2cnccc2=O)cc1. The van der Waals surface area contributed by atoms with Crippen LogP contribution in [-0.2, 0) is 13.1 Å². The van der Waals surface area contributed by atoms with Gasteiger partial charge in [-0.05, 0) is 41.0 Å². The Kier molecular flexibility index (Phi) is 8.47. The number of H-pyrrole nitrogens is 1. The van der Waals surface area contributed by atoms with Crippen molar-refractivity contribution >= 4 is 5.91 Å². The van der Waals surface area contributed by atoms with Crippen LogP contribution in [0.3, 0.4) is 0 Å². The molecule has 39 heavy (non-hydrogen) atoms. The van der Waals surface area contributed by atoms with E-state index in [4.69, 9.17) is 0 Å². The van der Waals surface area contributed by atoms with E-state index in [2.05, 4.69) is 14.4 Å². The number of benzene rings is 2. The number of rotatable bonds is 6. The minimum absolute atomic E-state index is 0.0398. The highest BCUT2D eigenvalue weighted by atomic mass is 16.4. The molecule has 0 aliphatic carbocycles. The van der Waals surface area contributed by atoms with Crippen molar-refractivity contribution in [3.8, 4) is 11.1 Å². The van der Waals surface area contributed by atoms with E-state index in [-0.39, 0.29) is 22.8 Å². The van der Waals surface area contributed by atoms with Gasteiger partial charge in [0.25, 0.3) is 17.0 Å². The van der Waals surface area contributed by atoms with Gasteiger partial charge in [-0.3, -0.25) is 23.5 Å². The number of carbonyl (C=O) groups is 1. The van der Waals surface area contributed by atoms with Crippen molar-refractivity contribution in [3.05, 3.63) is 146 Å². The number of amides is 1. The van der Waals surface area contributed by atoms with Crippen LogP contribution in [0.4, 0.5) is 0 Å². The van der Waals surface area contributed by atoms with Gasteiger partial charge in [0.2, 0.25) is 0 Å². The normalized spacial score (nSPS) is 10.4. The van der Waals surface area contributed by atoms with Gasteiger partial charge in [0.05, 0.1) is 19.4 Å². The van der Waals surface area contributed by atoms with Gasteiger partial charge in [-0.1, -0.05) is 36.4 Å². The number of pyridine rings is 1. The molecule has 0 bridgehead atoms. The van der Waals surface area contributed by atoms with Crippen molar-refractivity contribution in [1.82, 2.24) is 24.0 Å². The van der Waals surface area contributed by atoms with Crippen LogP contribution in [0.5, 0.6) is 0 Å². The van der Waals surface area contributed by atoms with Crippen LogP contribution in [0.1, 0.15) is 21.5 Å². The second-order valence-corrected chi connectivity index (χ2v) is 8.85. The molecule has 1 N–H and O–H groups in total. The first kappa shape index (κ1) is 26.8. The summed E-state index contributed by atoms with van der Waals surface area (Å²) in [6, 6.07) is 19.7. The lowest BCUT2D eigenvalue weighted by Gasteiger charge is -2.10. The Labute approximate surface area is 223 Å². The number of nitrogens with one attached hydrogen (secondary N) is 1. The molecule has 0 unspecified atom stereocenters. The molecule has 0 saturated carbocycles. The summed E-state index contributed by atoms with van der Waals surface area (Å²) in [5, 5.41) is 0. The predicted molar refractivity (Wildman–Crippen MR) is 147 cm³/mol. The first-order chi connectivity index (χ1) is 18.8. The molecule has 0 spiro atoms. The summed E-state index contributed by atoms with van der Waals surface area (Å²) in [7, 11) is 3.42. The lowest BCUT2D eigenvalue weighted by atomic mass is 10.1. The third-order valence-corrected chi connectivity index (χ3v) is 5.83. The van der Waals surface area contributed by atoms with Crippen molar-refractivity contribution < 1.29 is 9.21 Å². The summed E-state index contributed by atoms with van der Waals surface area (Å²) < 4.78 is 7.67. The molecule has 0 atom stereocenters. The maximum atomic E-state index is 11.7. The van der Waals surface area contributed by atoms with E-state index < -0.39 is 0 Å². The van der Waals surface area contributed by atoms with Crippen molar-refractivity contribution in [2.24, 2.45) is 0 Å². The zero-order valence-corrected chi connectivity index (χ0v) is 21.5. The summed E-state index contributed by atoms with van der Waals surface area (Å²) >= 11 is 0. The minimum Gasteiger partial charge on any atom is -0.416 e. The number of aromatic amines is 1. The fourth-order valence-corrected chi connectivity index (χ4v) is 3.75. The Morgan fingerprint density at radius 3 is 2.15 bits per heavy atom. The minimum atomic E-state index is -0.386. The van der Waals surface area contributed by atoms with Gasteiger partial charge in [0, 0.05) is 49.9 Å². The van der Waals surface area contributed by atoms with E-state index in [1.54, 1.807) is 50.8 Å². The summed E-state index contributed by atoms with van der Waals surface area (Å²) in [4.78, 5) is 54.4. The molecule has 5 rings (SSSR count). The van der Waals surface area contributed by atoms with Crippen LogP contribution in [-0.4, -0.2) is 44.0 Å². The van der Waals surface area contributed by atoms with Crippen molar-refractivity contribution in [3.63, 3.8) is 0 Å². The number of hydrogen-bond donors (Lipinski definition) is 1. The maximum absolute atomic E-state index is 11.7. The molecule has 0 saturated heterocycles. The Morgan fingerprint density at radius 2 is 1.56 bits per heavy atom. The lowest BCUT2D eigenvalue weighted by molar-refractivity contribution is 0.0827. The number of hydrogen-bond acceptors (Lipinski definition) is 6. The van der Waals surface area contributed by atoms with Gasteiger partial charge in [0.1, 0.15) is 6.26 Å². The molecule has 0 aliphatic rings. The van der Waals surface area contributed by atoms with Gasteiger partial charge < -0.3 is 14.3 Å². The molecule has 10 nitrogen and oxygen atoms in total. The van der Waals surface area contributed by atoms with Gasteiger partial charge in [0.15, 0.2) is 0 Å². The zero-order valence-electron chi connectivity index (χ0n) is 21.5. The number of aromatic nitrogens is 4. The Balaban J connectivity index is 0.000000183. The van der Waals surface area contributed by atoms with E-state index in [0.29, 0.717) is 24.2 Å². The van der Waals surface area contributed by atoms with Crippen LogP contribution >= 0.6 is 0 Å². The fraction of sp³-hybridized carbons (Fsp3) is 0.138. The zero-order chi connectivity index (χ0) is 27.8. The molecule has 3 heterocycles. The number of nitrogens with zero attached hydrogens (tertiary/aromatic N) is 4. The van der Waals surface area contributed by atoms with E-state index in [1.165, 1.54) is 38.9 Å². The van der Waals surface area contributed by atoms with Crippen LogP contribution in [0, 0.1) is 0 Å². The summed E-state index contributed by atoms with van der Waals surface area (Å²) in [6.07, 6.45) is 7.53. The standard InChI is InChI=1S/C16H13N3O2.C13H14N2O3/c20-15-7-9-17-11-19(15)10-12-3-5-13(6-4-12)14-2-1-8-18-16(14)21;1-14(2)12(16)11-5-3-10(4-6-11)9-15-7-8-18-13(15)17/h1-9,11H,10H2,(H,18,21);3-8H,9H2,1-2H3. The largest absolute Gasteiger partial charge is 0.419 e. The Morgan fingerprint density at radius 1 is 0.897 bits per heavy atom. The average Bonchev–Trinajstić information content (AvgIpc) is 3.35. The summed E-state index contributed by atoms with van der Waals surface area (Å²) in [6.45, 7) is 0.893. The fourth-order valence-electron chi connectivity index (χ4n) is 3.75. The molecule has 3 aromatic heterocycles. The third-order valence-electron chi connectivity index (χ3n) is 5.83. The van der Waals surface area contributed by atoms with E-state index in [0.717, 1.165) is 16.7 Å². The molecule has 10 heteroatoms. The van der Waals surface area contributed by atoms with Crippen molar-refractivity contribution in [2.75, 3.05) is 14.1 Å². The maximum Gasteiger partial charge on any atom is 0.419 e. The highest BCUT2D eigenvalue weighted by Gasteiger charge is 2.08. The Hall–Kier alpha value is -5.25. The second kappa shape index (κ2) is 12.3. The average molecular weight is 526 g/mol. The monoisotopic (exact) mass is 525 g/mol. The van der Waals surface area contributed by atoms with Crippen molar-refractivity contribution in [1.29, 1.82) is 0 Å². The van der Waals surface area contributed by atoms with Gasteiger partial charge in [-0.15, -0.1) is 0 Å². The highest BCUT2D eigenvalue weighted by Crippen LogP contribution is 2.16. The van der Waals surface area contributed by atoms with Crippen LogP contribution < -0.4 is 16.9 Å². The molecule has 0 radical (unpaired) electrons. The number of carbonyl (C=O) groups excluding carboxylic acids is 1. The third kappa shape index (κ3) is 6.95. The highest BCUT2D eigenvalue weighted by molar-refractivity contribution is 5.93. The number of oxazole rings is 1. The molecular weight excluding hydrogens is 498 g/mol. The van der Waals surface area contributed by atoms with Crippen molar-refractivity contribution in [2.45, 2.75) is 13.1 Å². The molecule has 0 fully saturated rings. The van der Waals surface area contributed by atoms with Gasteiger partial charge >= 0.3 is 5.76 Å². The molecule has 5 aromatic rings. The first-order valence-electron chi connectivity index (χ1n) is 12.0. The molecule has 198 valence electrons. The quantitative estimate of drug-likeness (QED) is 0.364. The van der Waals surface area contributed by atoms with E-state index >= 15 is 0 Å². The topological polar surface area (TPSA) is 123 Å². The molecule has 1 amide bonds. The Bertz CT molecular complexity index is 1710. The van der Waals surface area contributed by atoms with E-state index in [1.807, 2.05) is 36.4 Å². The smallest absolute Gasteiger partial charge is 0.416 e. The van der Waals surface area contributed by atoms with E-state index in [9.17, 15) is 19.2 Å². The lowest BCUT2D eigenvalue weighted by Crippen LogP contribution is -2.21. The summed E-state index contributed by atoms with van der Waals surface area (Å²) in [5.41, 5.74) is 3.81. The van der Waals surface area contributed by atoms with Crippen LogP contribution in [0.25, 0.3) is 11.1 Å². The van der Waals surface area contributed by atoms with Gasteiger partial charge in [-0.25, -0.2) is 9.78 Å².